The highest BCUT2D eigenvalue weighted by Crippen LogP contribution is 2.27. The summed E-state index contributed by atoms with van der Waals surface area (Å²) in [5.41, 5.74) is 6.32. The number of nitrogens with zero attached hydrogens (tertiary/aromatic N) is 4. The van der Waals surface area contributed by atoms with Crippen LogP contribution in [0.25, 0.3) is 28.2 Å². The van der Waals surface area contributed by atoms with Crippen LogP contribution < -0.4 is 10.6 Å². The van der Waals surface area contributed by atoms with Crippen molar-refractivity contribution in [2.45, 2.75) is 19.4 Å². The van der Waals surface area contributed by atoms with Gasteiger partial charge in [0.05, 0.1) is 17.6 Å². The van der Waals surface area contributed by atoms with E-state index in [9.17, 15) is 0 Å². The first-order chi connectivity index (χ1) is 13.8. The molecule has 1 unspecified atom stereocenters. The van der Waals surface area contributed by atoms with Crippen molar-refractivity contribution < 1.29 is 0 Å². The van der Waals surface area contributed by atoms with Gasteiger partial charge in [-0.15, -0.1) is 0 Å². The third-order valence-corrected chi connectivity index (χ3v) is 5.27. The van der Waals surface area contributed by atoms with E-state index in [-0.39, 0.29) is 0 Å². The van der Waals surface area contributed by atoms with Crippen LogP contribution in [0, 0.1) is 6.92 Å². The Kier molecular flexibility index (Phi) is 4.25. The van der Waals surface area contributed by atoms with Crippen LogP contribution in [0.4, 0.5) is 5.82 Å². The summed E-state index contributed by atoms with van der Waals surface area (Å²) in [5, 5.41) is 6.90. The Morgan fingerprint density at radius 3 is 2.89 bits per heavy atom. The molecule has 0 bridgehead atoms. The molecule has 2 N–H and O–H groups in total. The molecule has 1 aliphatic rings. The summed E-state index contributed by atoms with van der Waals surface area (Å²) in [6, 6.07) is 12.7. The Balaban J connectivity index is 1.56. The minimum Gasteiger partial charge on any atom is -0.366 e. The van der Waals surface area contributed by atoms with Gasteiger partial charge in [0.2, 0.25) is 0 Å². The smallest absolute Gasteiger partial charge is 0.137 e. The molecular weight excluding hydrogens is 348 g/mol. The lowest BCUT2D eigenvalue weighted by molar-refractivity contribution is 0.788. The van der Waals surface area contributed by atoms with E-state index >= 15 is 0 Å². The molecule has 5 rings (SSSR count). The predicted molar refractivity (Wildman–Crippen MR) is 111 cm³/mol. The van der Waals surface area contributed by atoms with Crippen molar-refractivity contribution in [3.8, 4) is 22.5 Å². The minimum atomic E-state index is 0.436. The fraction of sp³-hybridized carbons (Fsp3) is 0.227. The van der Waals surface area contributed by atoms with E-state index in [1.165, 1.54) is 11.1 Å². The van der Waals surface area contributed by atoms with Crippen molar-refractivity contribution in [1.82, 2.24) is 24.7 Å². The first-order valence-corrected chi connectivity index (χ1v) is 9.61. The monoisotopic (exact) mass is 370 g/mol. The molecule has 4 aromatic heterocycles. The molecule has 1 atom stereocenters. The fourth-order valence-corrected chi connectivity index (χ4v) is 3.79. The summed E-state index contributed by atoms with van der Waals surface area (Å²) < 4.78 is 2.12. The van der Waals surface area contributed by atoms with Crippen LogP contribution >= 0.6 is 0 Å². The molecule has 0 radical (unpaired) electrons. The number of anilines is 1. The second kappa shape index (κ2) is 7.05. The van der Waals surface area contributed by atoms with Crippen molar-refractivity contribution in [3.05, 3.63) is 66.7 Å². The number of hydrogen-bond acceptors (Lipinski definition) is 5. The average Bonchev–Trinajstić information content (AvgIpc) is 3.38. The lowest BCUT2D eigenvalue weighted by Gasteiger charge is -2.13. The molecular formula is C22H22N6. The lowest BCUT2D eigenvalue weighted by Crippen LogP contribution is -2.22. The molecule has 1 aliphatic heterocycles. The molecule has 140 valence electrons. The van der Waals surface area contributed by atoms with E-state index < -0.39 is 0 Å². The first-order valence-electron chi connectivity index (χ1n) is 9.61. The molecule has 6 nitrogen and oxygen atoms in total. The van der Waals surface area contributed by atoms with Gasteiger partial charge in [-0.3, -0.25) is 9.38 Å². The molecule has 1 saturated heterocycles. The van der Waals surface area contributed by atoms with E-state index in [1.54, 1.807) is 0 Å². The standard InChI is InChI=1S/C22H22N6/c1-15-11-22-25-13-20(28(22)14-18(15)16-5-8-23-9-6-16)19-3-2-4-21(27-19)26-17-7-10-24-12-17/h2-6,8-9,11,13-14,17,24H,7,10,12H2,1H3,(H,26,27). The molecule has 1 fully saturated rings. The molecule has 0 amide bonds. The molecule has 0 spiro atoms. The molecule has 28 heavy (non-hydrogen) atoms. The van der Waals surface area contributed by atoms with Crippen LogP contribution in [0.2, 0.25) is 0 Å². The van der Waals surface area contributed by atoms with Crippen LogP contribution in [-0.2, 0) is 0 Å². The van der Waals surface area contributed by atoms with Crippen molar-refractivity contribution in [2.75, 3.05) is 18.4 Å². The summed E-state index contributed by atoms with van der Waals surface area (Å²) in [7, 11) is 0. The number of hydrogen-bond donors (Lipinski definition) is 2. The summed E-state index contributed by atoms with van der Waals surface area (Å²) in [5.74, 6) is 0.905. The summed E-state index contributed by atoms with van der Waals surface area (Å²) >= 11 is 0. The average molecular weight is 370 g/mol. The van der Waals surface area contributed by atoms with Gasteiger partial charge >= 0.3 is 0 Å². The molecule has 0 aliphatic carbocycles. The summed E-state index contributed by atoms with van der Waals surface area (Å²) in [4.78, 5) is 13.6. The molecule has 0 saturated carbocycles. The lowest BCUT2D eigenvalue weighted by atomic mass is 10.0. The number of rotatable bonds is 4. The van der Waals surface area contributed by atoms with Gasteiger partial charge in [-0.2, -0.15) is 0 Å². The molecule has 0 aromatic carbocycles. The van der Waals surface area contributed by atoms with E-state index in [4.69, 9.17) is 4.98 Å². The van der Waals surface area contributed by atoms with Crippen LogP contribution in [-0.4, -0.2) is 38.5 Å². The highest BCUT2D eigenvalue weighted by atomic mass is 15.1. The molecule has 6 heteroatoms. The van der Waals surface area contributed by atoms with E-state index in [2.05, 4.69) is 44.2 Å². The number of nitrogens with one attached hydrogen (secondary N) is 2. The van der Waals surface area contributed by atoms with E-state index in [0.717, 1.165) is 47.9 Å². The van der Waals surface area contributed by atoms with Gasteiger partial charge in [0, 0.05) is 36.7 Å². The topological polar surface area (TPSA) is 67.1 Å². The maximum Gasteiger partial charge on any atom is 0.137 e. The first kappa shape index (κ1) is 16.9. The van der Waals surface area contributed by atoms with Gasteiger partial charge in [-0.05, 0) is 61.3 Å². The van der Waals surface area contributed by atoms with Crippen LogP contribution in [0.3, 0.4) is 0 Å². The van der Waals surface area contributed by atoms with Crippen molar-refractivity contribution in [1.29, 1.82) is 0 Å². The number of aromatic nitrogens is 4. The highest BCUT2D eigenvalue weighted by molar-refractivity contribution is 5.71. The fourth-order valence-electron chi connectivity index (χ4n) is 3.79. The van der Waals surface area contributed by atoms with E-state index in [0.29, 0.717) is 6.04 Å². The third kappa shape index (κ3) is 3.12. The Labute approximate surface area is 163 Å². The summed E-state index contributed by atoms with van der Waals surface area (Å²) in [6.07, 6.45) is 8.81. The minimum absolute atomic E-state index is 0.436. The van der Waals surface area contributed by atoms with Gasteiger partial charge in [-0.1, -0.05) is 6.07 Å². The Morgan fingerprint density at radius 2 is 2.07 bits per heavy atom. The summed E-state index contributed by atoms with van der Waals surface area (Å²) in [6.45, 7) is 4.15. The Bertz CT molecular complexity index is 1110. The SMILES string of the molecule is Cc1cc2ncc(-c3cccc(NC4CCNC4)n3)n2cc1-c1ccncc1. The van der Waals surface area contributed by atoms with Crippen LogP contribution in [0.15, 0.2) is 61.2 Å². The number of fused-ring (bicyclic) bond motifs is 1. The maximum absolute atomic E-state index is 4.84. The van der Waals surface area contributed by atoms with Crippen molar-refractivity contribution >= 4 is 11.5 Å². The Hall–Kier alpha value is -3.25. The van der Waals surface area contributed by atoms with Gasteiger partial charge in [0.1, 0.15) is 11.5 Å². The molecule has 4 aromatic rings. The molecule has 5 heterocycles. The van der Waals surface area contributed by atoms with Gasteiger partial charge in [0.25, 0.3) is 0 Å². The zero-order chi connectivity index (χ0) is 18.9. The van der Waals surface area contributed by atoms with E-state index in [1.807, 2.05) is 48.9 Å². The zero-order valence-corrected chi connectivity index (χ0v) is 15.8. The normalized spacial score (nSPS) is 16.5. The Morgan fingerprint density at radius 1 is 1.18 bits per heavy atom. The van der Waals surface area contributed by atoms with Crippen LogP contribution in [0.1, 0.15) is 12.0 Å². The predicted octanol–water partition coefficient (Wildman–Crippen LogP) is 3.54. The second-order valence-corrected chi connectivity index (χ2v) is 7.22. The van der Waals surface area contributed by atoms with Crippen molar-refractivity contribution in [2.24, 2.45) is 0 Å². The van der Waals surface area contributed by atoms with Crippen LogP contribution in [0.5, 0.6) is 0 Å². The third-order valence-electron chi connectivity index (χ3n) is 5.27. The van der Waals surface area contributed by atoms with Gasteiger partial charge in [-0.25, -0.2) is 9.97 Å². The van der Waals surface area contributed by atoms with Crippen molar-refractivity contribution in [3.63, 3.8) is 0 Å². The maximum atomic E-state index is 4.84. The largest absolute Gasteiger partial charge is 0.366 e. The highest BCUT2D eigenvalue weighted by Gasteiger charge is 2.15. The number of imidazole rings is 1. The number of pyridine rings is 3. The van der Waals surface area contributed by atoms with Gasteiger partial charge < -0.3 is 10.6 Å². The number of aryl methyl sites for hydroxylation is 1. The quantitative estimate of drug-likeness (QED) is 0.575. The second-order valence-electron chi connectivity index (χ2n) is 7.22. The van der Waals surface area contributed by atoms with Gasteiger partial charge in [0.15, 0.2) is 0 Å². The zero-order valence-electron chi connectivity index (χ0n) is 15.8.